The number of halogens is 1. The average Bonchev–Trinajstić information content (AvgIpc) is 3.28. The van der Waals surface area contributed by atoms with E-state index < -0.39 is 29.3 Å². The number of Topliss-reactive ketones (excluding diaryl/α,β-unsaturated/α-hetero) is 1. The highest BCUT2D eigenvalue weighted by Crippen LogP contribution is 2.39. The molecule has 0 bridgehead atoms. The normalized spacial score (nSPS) is 17.0. The highest BCUT2D eigenvalue weighted by molar-refractivity contribution is 7.12. The van der Waals surface area contributed by atoms with E-state index >= 15 is 0 Å². The van der Waals surface area contributed by atoms with Crippen molar-refractivity contribution >= 4 is 23.0 Å². The Hall–Kier alpha value is -2.55. The van der Waals surface area contributed by atoms with Crippen molar-refractivity contribution in [3.63, 3.8) is 0 Å². The lowest BCUT2D eigenvalue weighted by atomic mass is 9.95. The Bertz CT molecular complexity index is 847. The summed E-state index contributed by atoms with van der Waals surface area (Å²) in [6, 6.07) is 7.92. The first-order chi connectivity index (χ1) is 13.0. The molecule has 1 aromatic heterocycles. The summed E-state index contributed by atoms with van der Waals surface area (Å²) in [6.45, 7) is 0.189. The number of aliphatic hydroxyl groups is 2. The third-order valence-corrected chi connectivity index (χ3v) is 5.06. The van der Waals surface area contributed by atoms with E-state index in [9.17, 15) is 19.1 Å². The van der Waals surface area contributed by atoms with E-state index in [1.54, 1.807) is 17.5 Å². The zero-order chi connectivity index (χ0) is 19.4. The first-order valence-electron chi connectivity index (χ1n) is 8.31. The molecule has 6 nitrogen and oxygen atoms in total. The van der Waals surface area contributed by atoms with Gasteiger partial charge in [-0.05, 0) is 29.1 Å². The van der Waals surface area contributed by atoms with Gasteiger partial charge in [-0.1, -0.05) is 18.2 Å². The van der Waals surface area contributed by atoms with Gasteiger partial charge in [-0.25, -0.2) is 4.39 Å². The second-order valence-corrected chi connectivity index (χ2v) is 6.81. The van der Waals surface area contributed by atoms with E-state index in [4.69, 9.17) is 9.84 Å². The number of ketones is 1. The molecule has 27 heavy (non-hydrogen) atoms. The molecule has 1 aliphatic rings. The number of amides is 1. The predicted molar refractivity (Wildman–Crippen MR) is 97.1 cm³/mol. The molecule has 2 aromatic rings. The van der Waals surface area contributed by atoms with E-state index in [0.717, 1.165) is 0 Å². The van der Waals surface area contributed by atoms with Gasteiger partial charge in [-0.15, -0.1) is 11.3 Å². The number of thiophene rings is 1. The lowest BCUT2D eigenvalue weighted by molar-refractivity contribution is -0.130. The number of rotatable bonds is 8. The summed E-state index contributed by atoms with van der Waals surface area (Å²) in [6.07, 6.45) is 0. The van der Waals surface area contributed by atoms with Crippen molar-refractivity contribution in [2.24, 2.45) is 0 Å². The average molecular weight is 391 g/mol. The largest absolute Gasteiger partial charge is 0.503 e. The summed E-state index contributed by atoms with van der Waals surface area (Å²) in [5.74, 6) is -2.18. The molecule has 8 heteroatoms. The number of carbonyl (C=O) groups excluding carboxylic acids is 2. The fraction of sp³-hybridized carbons (Fsp3) is 0.263. The van der Waals surface area contributed by atoms with Gasteiger partial charge in [0.1, 0.15) is 5.82 Å². The van der Waals surface area contributed by atoms with Crippen LogP contribution < -0.4 is 0 Å². The van der Waals surface area contributed by atoms with Crippen molar-refractivity contribution < 1.29 is 28.9 Å². The molecule has 0 radical (unpaired) electrons. The molecule has 142 valence electrons. The van der Waals surface area contributed by atoms with Crippen molar-refractivity contribution in [2.45, 2.75) is 6.04 Å². The molecule has 0 spiro atoms. The summed E-state index contributed by atoms with van der Waals surface area (Å²) in [7, 11) is 0. The molecule has 0 saturated carbocycles. The molecule has 3 rings (SSSR count). The Kier molecular flexibility index (Phi) is 6.00. The van der Waals surface area contributed by atoms with Gasteiger partial charge in [0.15, 0.2) is 5.76 Å². The van der Waals surface area contributed by atoms with Crippen molar-refractivity contribution in [1.29, 1.82) is 0 Å². The molecule has 0 aliphatic carbocycles. The van der Waals surface area contributed by atoms with E-state index in [1.807, 2.05) is 0 Å². The fourth-order valence-electron chi connectivity index (χ4n) is 2.98. The first kappa shape index (κ1) is 19.2. The van der Waals surface area contributed by atoms with Crippen molar-refractivity contribution in [3.05, 3.63) is 69.4 Å². The van der Waals surface area contributed by atoms with Crippen LogP contribution in [0, 0.1) is 5.82 Å². The number of benzene rings is 1. The first-order valence-corrected chi connectivity index (χ1v) is 9.19. The van der Waals surface area contributed by atoms with Crippen molar-refractivity contribution in [1.82, 2.24) is 4.90 Å². The van der Waals surface area contributed by atoms with Crippen LogP contribution in [0.25, 0.3) is 0 Å². The maximum absolute atomic E-state index is 13.3. The van der Waals surface area contributed by atoms with E-state index in [2.05, 4.69) is 0 Å². The topological polar surface area (TPSA) is 87.1 Å². The van der Waals surface area contributed by atoms with Gasteiger partial charge in [-0.2, -0.15) is 0 Å². The zero-order valence-electron chi connectivity index (χ0n) is 14.3. The summed E-state index contributed by atoms with van der Waals surface area (Å²) in [5.41, 5.74) is 0.479. The Morgan fingerprint density at radius 2 is 1.96 bits per heavy atom. The third kappa shape index (κ3) is 3.92. The Balaban J connectivity index is 1.96. The number of carbonyl (C=O) groups is 2. The molecule has 0 unspecified atom stereocenters. The second-order valence-electron chi connectivity index (χ2n) is 5.86. The maximum Gasteiger partial charge on any atom is 0.290 e. The van der Waals surface area contributed by atoms with Crippen LogP contribution in [-0.4, -0.2) is 53.2 Å². The zero-order valence-corrected chi connectivity index (χ0v) is 15.1. The molecule has 1 amide bonds. The van der Waals surface area contributed by atoms with Gasteiger partial charge in [-0.3, -0.25) is 9.59 Å². The van der Waals surface area contributed by atoms with Gasteiger partial charge in [0.05, 0.1) is 36.3 Å². The van der Waals surface area contributed by atoms with Crippen LogP contribution in [-0.2, 0) is 9.53 Å². The van der Waals surface area contributed by atoms with Crippen molar-refractivity contribution in [3.8, 4) is 0 Å². The molecular formula is C19H18FNO5S. The van der Waals surface area contributed by atoms with Crippen molar-refractivity contribution in [2.75, 3.05) is 26.4 Å². The summed E-state index contributed by atoms with van der Waals surface area (Å²) in [5, 5.41) is 20.9. The SMILES string of the molecule is O=C(C1=C(O)C(=O)N(CCOCCO)[C@H]1c1ccc(F)cc1)c1cccs1. The fourth-order valence-corrected chi connectivity index (χ4v) is 3.66. The molecule has 0 fully saturated rings. The van der Waals surface area contributed by atoms with Crippen LogP contribution in [0.4, 0.5) is 4.39 Å². The lowest BCUT2D eigenvalue weighted by Crippen LogP contribution is -2.34. The van der Waals surface area contributed by atoms with Crippen LogP contribution in [0.3, 0.4) is 0 Å². The smallest absolute Gasteiger partial charge is 0.290 e. The Morgan fingerprint density at radius 1 is 1.22 bits per heavy atom. The van der Waals surface area contributed by atoms with Gasteiger partial charge < -0.3 is 19.8 Å². The highest BCUT2D eigenvalue weighted by Gasteiger charge is 2.43. The second kappa shape index (κ2) is 8.43. The monoisotopic (exact) mass is 391 g/mol. The molecule has 2 N–H and O–H groups in total. The Morgan fingerprint density at radius 3 is 2.59 bits per heavy atom. The minimum Gasteiger partial charge on any atom is -0.503 e. The Labute approximate surface area is 159 Å². The van der Waals surface area contributed by atoms with Gasteiger partial charge in [0.25, 0.3) is 5.91 Å². The van der Waals surface area contributed by atoms with Crippen LogP contribution in [0.15, 0.2) is 53.1 Å². The van der Waals surface area contributed by atoms with Crippen LogP contribution in [0.5, 0.6) is 0 Å². The van der Waals surface area contributed by atoms with Gasteiger partial charge in [0.2, 0.25) is 5.78 Å². The molecule has 0 saturated heterocycles. The maximum atomic E-state index is 13.3. The number of hydrogen-bond donors (Lipinski definition) is 2. The summed E-state index contributed by atoms with van der Waals surface area (Å²) in [4.78, 5) is 27.2. The molecule has 1 atom stereocenters. The van der Waals surface area contributed by atoms with Gasteiger partial charge >= 0.3 is 0 Å². The molecule has 2 heterocycles. The van der Waals surface area contributed by atoms with E-state index in [0.29, 0.717) is 10.4 Å². The van der Waals surface area contributed by atoms with Crippen LogP contribution in [0.2, 0.25) is 0 Å². The molecule has 1 aromatic carbocycles. The number of ether oxygens (including phenoxy) is 1. The summed E-state index contributed by atoms with van der Waals surface area (Å²) < 4.78 is 18.6. The van der Waals surface area contributed by atoms with E-state index in [1.165, 1.54) is 40.5 Å². The summed E-state index contributed by atoms with van der Waals surface area (Å²) >= 11 is 1.21. The standard InChI is InChI=1S/C19H18FNO5S/c20-13-5-3-12(4-6-13)16-15(17(23)14-2-1-11-27-14)18(24)19(25)21(16)7-9-26-10-8-22/h1-6,11,16,22,24H,7-10H2/t16-/m0/s1. The minimum absolute atomic E-state index is 0.0313. The van der Waals surface area contributed by atoms with Crippen LogP contribution >= 0.6 is 11.3 Å². The minimum atomic E-state index is -0.842. The highest BCUT2D eigenvalue weighted by atomic mass is 32.1. The quantitative estimate of drug-likeness (QED) is 0.533. The number of nitrogens with zero attached hydrogens (tertiary/aromatic N) is 1. The molecule has 1 aliphatic heterocycles. The van der Waals surface area contributed by atoms with E-state index in [-0.39, 0.29) is 31.9 Å². The third-order valence-electron chi connectivity index (χ3n) is 4.19. The molecular weight excluding hydrogens is 373 g/mol. The number of hydrogen-bond acceptors (Lipinski definition) is 6. The predicted octanol–water partition coefficient (Wildman–Crippen LogP) is 2.47. The van der Waals surface area contributed by atoms with Crippen LogP contribution in [0.1, 0.15) is 21.3 Å². The number of aliphatic hydroxyl groups excluding tert-OH is 2. The van der Waals surface area contributed by atoms with Gasteiger partial charge in [0, 0.05) is 6.54 Å². The lowest BCUT2D eigenvalue weighted by Gasteiger charge is -2.26.